The third-order valence-electron chi connectivity index (χ3n) is 5.52. The monoisotopic (exact) mass is 484 g/mol. The molecule has 1 aliphatic rings. The number of carbonyl (C=O) groups is 1. The van der Waals surface area contributed by atoms with Crippen molar-refractivity contribution in [2.75, 3.05) is 32.7 Å². The number of hydrogen-bond acceptors (Lipinski definition) is 4. The molecule has 3 aromatic rings. The molecule has 1 aromatic heterocycles. The molecule has 0 radical (unpaired) electrons. The van der Waals surface area contributed by atoms with Crippen molar-refractivity contribution in [3.8, 4) is 0 Å². The van der Waals surface area contributed by atoms with Crippen molar-refractivity contribution in [1.29, 1.82) is 0 Å². The lowest BCUT2D eigenvalue weighted by atomic mass is 10.1. The Morgan fingerprint density at radius 1 is 1.00 bits per heavy atom. The van der Waals surface area contributed by atoms with Gasteiger partial charge in [0.25, 0.3) is 0 Å². The van der Waals surface area contributed by atoms with E-state index in [1.807, 2.05) is 25.1 Å². The fraction of sp³-hybridized carbons (Fsp3) is 0.348. The molecule has 0 N–H and O–H groups in total. The molecule has 162 valence electrons. The second-order valence-corrected chi connectivity index (χ2v) is 8.96. The number of benzene rings is 2. The SMILES string of the molecule is Cc1c(C(=O)CCN2CCN(Cc3ccccc3)CC2)sc2ccc(Cl)cc12.Cl.Cl. The number of carbonyl (C=O) groups excluding carboxylic acids is 1. The highest BCUT2D eigenvalue weighted by Crippen LogP contribution is 2.33. The molecule has 0 unspecified atom stereocenters. The second-order valence-electron chi connectivity index (χ2n) is 7.47. The molecule has 1 fully saturated rings. The molecule has 30 heavy (non-hydrogen) atoms. The summed E-state index contributed by atoms with van der Waals surface area (Å²) in [5, 5.41) is 1.83. The summed E-state index contributed by atoms with van der Waals surface area (Å²) in [6, 6.07) is 16.5. The van der Waals surface area contributed by atoms with Crippen molar-refractivity contribution < 1.29 is 4.79 Å². The molecule has 0 amide bonds. The van der Waals surface area contributed by atoms with Crippen LogP contribution in [-0.4, -0.2) is 48.3 Å². The van der Waals surface area contributed by atoms with Crippen LogP contribution >= 0.6 is 47.8 Å². The third-order valence-corrected chi connectivity index (χ3v) is 7.07. The van der Waals surface area contributed by atoms with Gasteiger partial charge in [-0.3, -0.25) is 9.69 Å². The number of ketones is 1. The van der Waals surface area contributed by atoms with Gasteiger partial charge in [0.2, 0.25) is 0 Å². The van der Waals surface area contributed by atoms with Crippen LogP contribution in [0.4, 0.5) is 0 Å². The standard InChI is InChI=1S/C23H25ClN2OS.2ClH/c1-17-20-15-19(24)7-8-22(20)28-23(17)21(27)9-10-25-11-13-26(14-12-25)16-18-5-3-2-4-6-18;;/h2-8,15H,9-14,16H2,1H3;2*1H. The van der Waals surface area contributed by atoms with Crippen LogP contribution in [0.5, 0.6) is 0 Å². The zero-order valence-electron chi connectivity index (χ0n) is 17.0. The maximum absolute atomic E-state index is 12.8. The van der Waals surface area contributed by atoms with Gasteiger partial charge in [-0.05, 0) is 41.6 Å². The van der Waals surface area contributed by atoms with Crippen LogP contribution in [0.15, 0.2) is 48.5 Å². The molecule has 7 heteroatoms. The van der Waals surface area contributed by atoms with Crippen LogP contribution < -0.4 is 0 Å². The van der Waals surface area contributed by atoms with Gasteiger partial charge in [0.15, 0.2) is 5.78 Å². The van der Waals surface area contributed by atoms with Gasteiger partial charge in [-0.2, -0.15) is 0 Å². The molecule has 4 rings (SSSR count). The first kappa shape index (κ1) is 25.1. The zero-order valence-corrected chi connectivity index (χ0v) is 20.2. The van der Waals surface area contributed by atoms with E-state index in [0.717, 1.165) is 64.8 Å². The predicted octanol–water partition coefficient (Wildman–Crippen LogP) is 6.10. The van der Waals surface area contributed by atoms with Crippen LogP contribution in [0.1, 0.15) is 27.2 Å². The van der Waals surface area contributed by atoms with Gasteiger partial charge in [0, 0.05) is 55.4 Å². The van der Waals surface area contributed by atoms with Crippen molar-refractivity contribution >= 4 is 63.6 Å². The summed E-state index contributed by atoms with van der Waals surface area (Å²) >= 11 is 7.71. The van der Waals surface area contributed by atoms with E-state index in [1.165, 1.54) is 5.56 Å². The molecule has 0 spiro atoms. The third kappa shape index (κ3) is 5.97. The van der Waals surface area contributed by atoms with Gasteiger partial charge in [0.05, 0.1) is 4.88 Å². The summed E-state index contributed by atoms with van der Waals surface area (Å²) < 4.78 is 1.14. The number of aryl methyl sites for hydroxylation is 1. The summed E-state index contributed by atoms with van der Waals surface area (Å²) in [6.07, 6.45) is 0.583. The molecule has 0 bridgehead atoms. The van der Waals surface area contributed by atoms with Crippen molar-refractivity contribution in [3.05, 3.63) is 69.6 Å². The van der Waals surface area contributed by atoms with Crippen LogP contribution in [0.3, 0.4) is 0 Å². The van der Waals surface area contributed by atoms with Crippen molar-refractivity contribution in [1.82, 2.24) is 9.80 Å². The average molecular weight is 486 g/mol. The number of fused-ring (bicyclic) bond motifs is 1. The molecule has 0 aliphatic carbocycles. The van der Waals surface area contributed by atoms with E-state index in [1.54, 1.807) is 11.3 Å². The summed E-state index contributed by atoms with van der Waals surface area (Å²) in [5.41, 5.74) is 2.44. The second kappa shape index (κ2) is 11.5. The smallest absolute Gasteiger partial charge is 0.174 e. The van der Waals surface area contributed by atoms with Gasteiger partial charge in [0.1, 0.15) is 0 Å². The number of Topliss-reactive ketones (excluding diaryl/α,β-unsaturated/α-hetero) is 1. The molecule has 0 saturated carbocycles. The molecule has 0 atom stereocenters. The first-order valence-electron chi connectivity index (χ1n) is 9.80. The van der Waals surface area contributed by atoms with E-state index < -0.39 is 0 Å². The van der Waals surface area contributed by atoms with Crippen LogP contribution in [0, 0.1) is 6.92 Å². The first-order valence-corrected chi connectivity index (χ1v) is 11.0. The molecular weight excluding hydrogens is 459 g/mol. The highest BCUT2D eigenvalue weighted by molar-refractivity contribution is 7.21. The van der Waals surface area contributed by atoms with E-state index >= 15 is 0 Å². The van der Waals surface area contributed by atoms with Gasteiger partial charge in [-0.1, -0.05) is 41.9 Å². The van der Waals surface area contributed by atoms with E-state index in [9.17, 15) is 4.79 Å². The molecule has 1 saturated heterocycles. The lowest BCUT2D eigenvalue weighted by molar-refractivity contribution is 0.0926. The Hall–Kier alpha value is -1.14. The zero-order chi connectivity index (χ0) is 19.5. The lowest BCUT2D eigenvalue weighted by Gasteiger charge is -2.34. The highest BCUT2D eigenvalue weighted by atomic mass is 35.5. The Morgan fingerprint density at radius 3 is 2.37 bits per heavy atom. The molecule has 2 aromatic carbocycles. The number of rotatable bonds is 6. The Labute approximate surface area is 199 Å². The first-order chi connectivity index (χ1) is 13.6. The maximum atomic E-state index is 12.8. The summed E-state index contributed by atoms with van der Waals surface area (Å²) in [7, 11) is 0. The normalized spacial score (nSPS) is 14.9. The number of piperazine rings is 1. The summed E-state index contributed by atoms with van der Waals surface area (Å²) in [5.74, 6) is 0.251. The van der Waals surface area contributed by atoms with E-state index in [2.05, 4.69) is 40.1 Å². The van der Waals surface area contributed by atoms with Crippen LogP contribution in [0.2, 0.25) is 5.02 Å². The van der Waals surface area contributed by atoms with Crippen molar-refractivity contribution in [3.63, 3.8) is 0 Å². The number of thiophene rings is 1. The topological polar surface area (TPSA) is 23.6 Å². The molecule has 1 aliphatic heterocycles. The van der Waals surface area contributed by atoms with Gasteiger partial charge < -0.3 is 4.90 Å². The Balaban J connectivity index is 0.00000160. The number of halogens is 3. The van der Waals surface area contributed by atoms with E-state index in [0.29, 0.717) is 6.42 Å². The van der Waals surface area contributed by atoms with Crippen LogP contribution in [0.25, 0.3) is 10.1 Å². The average Bonchev–Trinajstić information content (AvgIpc) is 3.04. The van der Waals surface area contributed by atoms with Crippen molar-refractivity contribution in [2.24, 2.45) is 0 Å². The predicted molar refractivity (Wildman–Crippen MR) is 133 cm³/mol. The van der Waals surface area contributed by atoms with E-state index in [-0.39, 0.29) is 30.6 Å². The number of hydrogen-bond donors (Lipinski definition) is 0. The Morgan fingerprint density at radius 2 is 1.67 bits per heavy atom. The fourth-order valence-electron chi connectivity index (χ4n) is 3.84. The molecular formula is C23H27Cl3N2OS. The van der Waals surface area contributed by atoms with Crippen molar-refractivity contribution in [2.45, 2.75) is 19.9 Å². The molecule has 3 nitrogen and oxygen atoms in total. The Kier molecular flexibility index (Phi) is 9.61. The van der Waals surface area contributed by atoms with Gasteiger partial charge >= 0.3 is 0 Å². The van der Waals surface area contributed by atoms with Gasteiger partial charge in [-0.15, -0.1) is 36.2 Å². The fourth-order valence-corrected chi connectivity index (χ4v) is 5.17. The summed E-state index contributed by atoms with van der Waals surface area (Å²) in [4.78, 5) is 18.6. The minimum Gasteiger partial charge on any atom is -0.300 e. The van der Waals surface area contributed by atoms with Crippen LogP contribution in [-0.2, 0) is 6.54 Å². The largest absolute Gasteiger partial charge is 0.300 e. The lowest BCUT2D eigenvalue weighted by Crippen LogP contribution is -2.46. The number of nitrogens with zero attached hydrogens (tertiary/aromatic N) is 2. The van der Waals surface area contributed by atoms with Gasteiger partial charge in [-0.25, -0.2) is 0 Å². The maximum Gasteiger partial charge on any atom is 0.174 e. The minimum atomic E-state index is 0. The minimum absolute atomic E-state index is 0. The van der Waals surface area contributed by atoms with E-state index in [4.69, 9.17) is 11.6 Å². The quantitative estimate of drug-likeness (QED) is 0.394. The highest BCUT2D eigenvalue weighted by Gasteiger charge is 2.20. The Bertz CT molecular complexity index is 969. The molecule has 2 heterocycles. The summed E-state index contributed by atoms with van der Waals surface area (Å²) in [6.45, 7) is 8.06.